The molecule has 1 heterocycles. The van der Waals surface area contributed by atoms with Crippen molar-refractivity contribution >= 4 is 5.91 Å². The molecule has 0 bridgehead atoms. The van der Waals surface area contributed by atoms with E-state index in [-0.39, 0.29) is 29.2 Å². The van der Waals surface area contributed by atoms with Crippen LogP contribution in [0.25, 0.3) is 5.69 Å². The van der Waals surface area contributed by atoms with Gasteiger partial charge in [-0.15, -0.1) is 0 Å². The van der Waals surface area contributed by atoms with E-state index in [2.05, 4.69) is 5.10 Å². The molecule has 0 atom stereocenters. The monoisotopic (exact) mass is 419 g/mol. The van der Waals surface area contributed by atoms with Gasteiger partial charge in [-0.1, -0.05) is 31.4 Å². The number of halogens is 3. The summed E-state index contributed by atoms with van der Waals surface area (Å²) in [6.07, 6.45) is 2.17. The maximum absolute atomic E-state index is 13.5. The summed E-state index contributed by atoms with van der Waals surface area (Å²) in [5, 5.41) is 4.16. The highest BCUT2D eigenvalue weighted by atomic mass is 19.4. The van der Waals surface area contributed by atoms with Gasteiger partial charge < -0.3 is 4.90 Å². The Kier molecular flexibility index (Phi) is 5.42. The zero-order valence-electron chi connectivity index (χ0n) is 16.8. The summed E-state index contributed by atoms with van der Waals surface area (Å²) in [5.74, 6) is -0.465. The van der Waals surface area contributed by atoms with Crippen molar-refractivity contribution in [2.24, 2.45) is 0 Å². The fourth-order valence-corrected chi connectivity index (χ4v) is 4.30. The van der Waals surface area contributed by atoms with Crippen molar-refractivity contribution in [3.8, 4) is 5.69 Å². The molecule has 4 rings (SSSR count). The molecule has 0 saturated heterocycles. The number of aromatic nitrogens is 2. The van der Waals surface area contributed by atoms with E-state index in [1.54, 1.807) is 4.90 Å². The van der Waals surface area contributed by atoms with Crippen LogP contribution in [0.2, 0.25) is 0 Å². The van der Waals surface area contributed by atoms with Crippen molar-refractivity contribution in [1.82, 2.24) is 14.7 Å². The van der Waals surface area contributed by atoms with E-state index in [4.69, 9.17) is 0 Å². The molecule has 0 radical (unpaired) electrons. The van der Waals surface area contributed by atoms with E-state index in [0.717, 1.165) is 55.7 Å². The fourth-order valence-electron chi connectivity index (χ4n) is 4.30. The van der Waals surface area contributed by atoms with E-state index >= 15 is 0 Å². The van der Waals surface area contributed by atoms with E-state index in [9.17, 15) is 22.8 Å². The average Bonchev–Trinajstić information content (AvgIpc) is 3.53. The standard InChI is InChI=1S/C22H24F3N3O2/c1-14-13-19(29)20(21(30)27(16-11-12-16)15-7-3-2-4-8-15)26-28(14)18-10-6-5-9-17(18)22(23,24)25/h5-6,9-10,13,15-16H,2-4,7-8,11-12H2,1H3. The molecule has 30 heavy (non-hydrogen) atoms. The van der Waals surface area contributed by atoms with E-state index in [1.807, 2.05) is 0 Å². The summed E-state index contributed by atoms with van der Waals surface area (Å²) < 4.78 is 41.6. The molecule has 0 unspecified atom stereocenters. The molecular weight excluding hydrogens is 395 g/mol. The van der Waals surface area contributed by atoms with Gasteiger partial charge in [0.25, 0.3) is 5.91 Å². The van der Waals surface area contributed by atoms with Crippen molar-refractivity contribution < 1.29 is 18.0 Å². The van der Waals surface area contributed by atoms with Gasteiger partial charge in [0, 0.05) is 23.8 Å². The second kappa shape index (κ2) is 7.89. The Bertz CT molecular complexity index is 1010. The third-order valence-electron chi connectivity index (χ3n) is 5.89. The largest absolute Gasteiger partial charge is 0.418 e. The topological polar surface area (TPSA) is 55.2 Å². The number of benzene rings is 1. The summed E-state index contributed by atoms with van der Waals surface area (Å²) in [6.45, 7) is 1.51. The number of hydrogen-bond acceptors (Lipinski definition) is 3. The molecule has 2 aliphatic rings. The van der Waals surface area contributed by atoms with E-state index in [0.29, 0.717) is 0 Å². The molecule has 0 spiro atoms. The van der Waals surface area contributed by atoms with Crippen LogP contribution in [-0.2, 0) is 6.18 Å². The highest BCUT2D eigenvalue weighted by Crippen LogP contribution is 2.35. The summed E-state index contributed by atoms with van der Waals surface area (Å²) in [6, 6.07) is 6.39. The van der Waals surface area contributed by atoms with Crippen molar-refractivity contribution in [3.63, 3.8) is 0 Å². The first-order valence-electron chi connectivity index (χ1n) is 10.4. The van der Waals surface area contributed by atoms with Crippen LogP contribution in [0, 0.1) is 6.92 Å². The van der Waals surface area contributed by atoms with Crippen molar-refractivity contribution in [2.75, 3.05) is 0 Å². The number of hydrogen-bond donors (Lipinski definition) is 0. The number of aryl methyl sites for hydroxylation is 1. The predicted octanol–water partition coefficient (Wildman–Crippen LogP) is 4.50. The Balaban J connectivity index is 1.77. The van der Waals surface area contributed by atoms with Crippen LogP contribution in [0.1, 0.15) is 66.7 Å². The summed E-state index contributed by atoms with van der Waals surface area (Å²) >= 11 is 0. The first-order chi connectivity index (χ1) is 14.3. The highest BCUT2D eigenvalue weighted by Gasteiger charge is 2.40. The van der Waals surface area contributed by atoms with Crippen molar-refractivity contribution in [1.29, 1.82) is 0 Å². The van der Waals surface area contributed by atoms with Gasteiger partial charge in [-0.05, 0) is 44.7 Å². The molecule has 2 saturated carbocycles. The average molecular weight is 419 g/mol. The van der Waals surface area contributed by atoms with Gasteiger partial charge in [-0.2, -0.15) is 18.3 Å². The van der Waals surface area contributed by atoms with Crippen LogP contribution in [0.5, 0.6) is 0 Å². The molecule has 0 aliphatic heterocycles. The Morgan fingerprint density at radius 2 is 1.70 bits per heavy atom. The minimum absolute atomic E-state index is 0.0668. The molecular formula is C22H24F3N3O2. The molecule has 0 N–H and O–H groups in total. The second-order valence-electron chi connectivity index (χ2n) is 8.16. The Morgan fingerprint density at radius 3 is 2.33 bits per heavy atom. The molecule has 1 aromatic carbocycles. The maximum Gasteiger partial charge on any atom is 0.418 e. The minimum Gasteiger partial charge on any atom is -0.331 e. The van der Waals surface area contributed by atoms with E-state index < -0.39 is 23.1 Å². The summed E-state index contributed by atoms with van der Waals surface area (Å²) in [7, 11) is 0. The lowest BCUT2D eigenvalue weighted by atomic mass is 9.93. The second-order valence-corrected chi connectivity index (χ2v) is 8.16. The third kappa shape index (κ3) is 4.00. The lowest BCUT2D eigenvalue weighted by Gasteiger charge is -2.34. The first-order valence-corrected chi connectivity index (χ1v) is 10.4. The Hall–Kier alpha value is -2.64. The predicted molar refractivity (Wildman–Crippen MR) is 106 cm³/mol. The highest BCUT2D eigenvalue weighted by molar-refractivity contribution is 5.92. The molecule has 160 valence electrons. The van der Waals surface area contributed by atoms with Crippen molar-refractivity contribution in [3.05, 3.63) is 57.5 Å². The SMILES string of the molecule is Cc1cc(=O)c(C(=O)N(C2CCCCC2)C2CC2)nn1-c1ccccc1C(F)(F)F. The number of alkyl halides is 3. The lowest BCUT2D eigenvalue weighted by molar-refractivity contribution is -0.137. The van der Waals surface area contributed by atoms with Gasteiger partial charge in [-0.3, -0.25) is 9.59 Å². The van der Waals surface area contributed by atoms with Crippen LogP contribution < -0.4 is 5.43 Å². The van der Waals surface area contributed by atoms with Gasteiger partial charge in [0.05, 0.1) is 11.3 Å². The number of amides is 1. The number of rotatable bonds is 4. The van der Waals surface area contributed by atoms with Crippen LogP contribution >= 0.6 is 0 Å². The number of carbonyl (C=O) groups excluding carboxylic acids is 1. The Morgan fingerprint density at radius 1 is 1.07 bits per heavy atom. The molecule has 2 aliphatic carbocycles. The molecule has 5 nitrogen and oxygen atoms in total. The van der Waals surface area contributed by atoms with Gasteiger partial charge in [0.15, 0.2) is 5.69 Å². The summed E-state index contributed by atoms with van der Waals surface area (Å²) in [5.41, 5.74) is -1.69. The van der Waals surface area contributed by atoms with Gasteiger partial charge in [0.1, 0.15) is 0 Å². The molecule has 2 fully saturated rings. The number of carbonyl (C=O) groups is 1. The van der Waals surface area contributed by atoms with Gasteiger partial charge in [0.2, 0.25) is 5.43 Å². The minimum atomic E-state index is -4.58. The maximum atomic E-state index is 13.5. The van der Waals surface area contributed by atoms with Gasteiger partial charge >= 0.3 is 6.18 Å². The van der Waals surface area contributed by atoms with Crippen LogP contribution in [-0.4, -0.2) is 32.7 Å². The fraction of sp³-hybridized carbons (Fsp3) is 0.500. The molecule has 8 heteroatoms. The zero-order chi connectivity index (χ0) is 21.5. The molecule has 1 amide bonds. The molecule has 1 aromatic heterocycles. The van der Waals surface area contributed by atoms with E-state index in [1.165, 1.54) is 31.2 Å². The van der Waals surface area contributed by atoms with Crippen LogP contribution in [0.4, 0.5) is 13.2 Å². The number of para-hydroxylation sites is 1. The van der Waals surface area contributed by atoms with Crippen LogP contribution in [0.15, 0.2) is 35.1 Å². The molecule has 2 aromatic rings. The lowest BCUT2D eigenvalue weighted by Crippen LogP contribution is -2.45. The van der Waals surface area contributed by atoms with Gasteiger partial charge in [-0.25, -0.2) is 4.68 Å². The number of nitrogens with zero attached hydrogens (tertiary/aromatic N) is 3. The quantitative estimate of drug-likeness (QED) is 0.733. The normalized spacial score (nSPS) is 17.7. The smallest absolute Gasteiger partial charge is 0.331 e. The zero-order valence-corrected chi connectivity index (χ0v) is 16.8. The Labute approximate surface area is 172 Å². The van der Waals surface area contributed by atoms with Crippen molar-refractivity contribution in [2.45, 2.75) is 70.1 Å². The third-order valence-corrected chi connectivity index (χ3v) is 5.89. The first kappa shape index (κ1) is 20.6. The summed E-state index contributed by atoms with van der Waals surface area (Å²) in [4.78, 5) is 27.8. The van der Waals surface area contributed by atoms with Crippen LogP contribution in [0.3, 0.4) is 0 Å².